The van der Waals surface area contributed by atoms with Crippen molar-refractivity contribution in [1.29, 1.82) is 0 Å². The summed E-state index contributed by atoms with van der Waals surface area (Å²) in [7, 11) is 0. The van der Waals surface area contributed by atoms with E-state index >= 15 is 0 Å². The van der Waals surface area contributed by atoms with E-state index in [0.29, 0.717) is 31.1 Å². The van der Waals surface area contributed by atoms with E-state index in [9.17, 15) is 9.59 Å². The molecule has 0 radical (unpaired) electrons. The number of carbonyl (C=O) groups excluding carboxylic acids is 2. The summed E-state index contributed by atoms with van der Waals surface area (Å²) >= 11 is 0. The standard InChI is InChI=1S/C22H27N7O3/c30-21(24-16-4-5-16)19-14-28(26-25-19)11-8-17-3-1-2-10-29(17)22(31)20-7-6-18(32-20)13-27-12-9-23-15-27/h6-7,9,12,14-17H,1-5,8,10-11,13H2,(H,24,30). The van der Waals surface area contributed by atoms with E-state index in [1.807, 2.05) is 21.7 Å². The Morgan fingerprint density at radius 3 is 2.91 bits per heavy atom. The lowest BCUT2D eigenvalue weighted by Crippen LogP contribution is -2.44. The van der Waals surface area contributed by atoms with E-state index in [4.69, 9.17) is 4.42 Å². The summed E-state index contributed by atoms with van der Waals surface area (Å²) in [5, 5.41) is 11.0. The molecule has 32 heavy (non-hydrogen) atoms. The molecule has 168 valence electrons. The molecule has 2 fully saturated rings. The molecule has 3 aromatic heterocycles. The number of rotatable bonds is 8. The molecule has 1 aliphatic heterocycles. The van der Waals surface area contributed by atoms with Crippen molar-refractivity contribution in [3.05, 3.63) is 54.3 Å². The second-order valence-corrected chi connectivity index (χ2v) is 8.55. The number of nitrogens with zero attached hydrogens (tertiary/aromatic N) is 6. The zero-order valence-electron chi connectivity index (χ0n) is 17.9. The summed E-state index contributed by atoms with van der Waals surface area (Å²) in [5.74, 6) is 0.846. The first-order chi connectivity index (χ1) is 15.7. The predicted octanol–water partition coefficient (Wildman–Crippen LogP) is 2.09. The first-order valence-electron chi connectivity index (χ1n) is 11.2. The maximum atomic E-state index is 13.2. The van der Waals surface area contributed by atoms with E-state index < -0.39 is 0 Å². The number of imidazole rings is 1. The molecule has 1 atom stereocenters. The maximum Gasteiger partial charge on any atom is 0.289 e. The molecule has 1 saturated heterocycles. The lowest BCUT2D eigenvalue weighted by Gasteiger charge is -2.35. The average Bonchev–Trinajstić information content (AvgIpc) is 3.22. The van der Waals surface area contributed by atoms with Crippen molar-refractivity contribution in [3.63, 3.8) is 0 Å². The van der Waals surface area contributed by atoms with Crippen LogP contribution in [0.2, 0.25) is 0 Å². The number of carbonyl (C=O) groups is 2. The SMILES string of the molecule is O=C(NC1CC1)c1cn(CCC2CCCCN2C(=O)c2ccc(Cn3ccnc3)o2)nn1. The van der Waals surface area contributed by atoms with Gasteiger partial charge < -0.3 is 19.2 Å². The number of amides is 2. The Bertz CT molecular complexity index is 1070. The number of hydrogen-bond acceptors (Lipinski definition) is 6. The van der Waals surface area contributed by atoms with Crippen molar-refractivity contribution in [2.75, 3.05) is 6.54 Å². The number of hydrogen-bond donors (Lipinski definition) is 1. The molecule has 10 heteroatoms. The molecule has 0 spiro atoms. The smallest absolute Gasteiger partial charge is 0.289 e. The molecular formula is C22H27N7O3. The molecule has 2 amide bonds. The minimum atomic E-state index is -0.169. The fraction of sp³-hybridized carbons (Fsp3) is 0.500. The van der Waals surface area contributed by atoms with Gasteiger partial charge >= 0.3 is 0 Å². The Morgan fingerprint density at radius 1 is 1.19 bits per heavy atom. The van der Waals surface area contributed by atoms with Crippen molar-refractivity contribution in [3.8, 4) is 0 Å². The Morgan fingerprint density at radius 2 is 2.09 bits per heavy atom. The Kier molecular flexibility index (Phi) is 5.74. The number of piperidine rings is 1. The highest BCUT2D eigenvalue weighted by Crippen LogP contribution is 2.24. The van der Waals surface area contributed by atoms with E-state index in [1.165, 1.54) is 0 Å². The van der Waals surface area contributed by atoms with Crippen LogP contribution in [0.4, 0.5) is 0 Å². The summed E-state index contributed by atoms with van der Waals surface area (Å²) in [6, 6.07) is 3.99. The van der Waals surface area contributed by atoms with Gasteiger partial charge in [-0.1, -0.05) is 5.21 Å². The zero-order chi connectivity index (χ0) is 21.9. The highest BCUT2D eigenvalue weighted by Gasteiger charge is 2.29. The normalized spacial score (nSPS) is 18.6. The van der Waals surface area contributed by atoms with Crippen LogP contribution in [0.3, 0.4) is 0 Å². The summed E-state index contributed by atoms with van der Waals surface area (Å²) in [5.41, 5.74) is 0.342. The molecule has 10 nitrogen and oxygen atoms in total. The van der Waals surface area contributed by atoms with Crippen LogP contribution in [-0.2, 0) is 13.1 Å². The van der Waals surface area contributed by atoms with Gasteiger partial charge in [-0.05, 0) is 50.7 Å². The molecule has 1 unspecified atom stereocenters. The molecule has 4 heterocycles. The first-order valence-corrected chi connectivity index (χ1v) is 11.2. The summed E-state index contributed by atoms with van der Waals surface area (Å²) in [6.45, 7) is 1.86. The van der Waals surface area contributed by atoms with Crippen LogP contribution >= 0.6 is 0 Å². The zero-order valence-corrected chi connectivity index (χ0v) is 17.9. The van der Waals surface area contributed by atoms with Gasteiger partial charge in [-0.3, -0.25) is 14.3 Å². The predicted molar refractivity (Wildman–Crippen MR) is 114 cm³/mol. The molecule has 1 aliphatic carbocycles. The van der Waals surface area contributed by atoms with E-state index in [0.717, 1.165) is 44.3 Å². The van der Waals surface area contributed by atoms with E-state index in [1.54, 1.807) is 29.5 Å². The van der Waals surface area contributed by atoms with Crippen LogP contribution in [0.5, 0.6) is 0 Å². The third-order valence-corrected chi connectivity index (χ3v) is 6.03. The van der Waals surface area contributed by atoms with Gasteiger partial charge in [0.25, 0.3) is 11.8 Å². The van der Waals surface area contributed by atoms with Crippen molar-refractivity contribution in [2.45, 2.75) is 63.7 Å². The van der Waals surface area contributed by atoms with Crippen LogP contribution < -0.4 is 5.32 Å². The number of likely N-dealkylation sites (tertiary alicyclic amines) is 1. The maximum absolute atomic E-state index is 13.2. The second kappa shape index (κ2) is 8.97. The number of aryl methyl sites for hydroxylation is 1. The van der Waals surface area contributed by atoms with Gasteiger partial charge in [0.05, 0.1) is 19.1 Å². The van der Waals surface area contributed by atoms with Gasteiger partial charge in [0.2, 0.25) is 0 Å². The van der Waals surface area contributed by atoms with Gasteiger partial charge in [-0.15, -0.1) is 5.10 Å². The van der Waals surface area contributed by atoms with Crippen LogP contribution in [0.15, 0.2) is 41.5 Å². The highest BCUT2D eigenvalue weighted by atomic mass is 16.4. The third-order valence-electron chi connectivity index (χ3n) is 6.03. The molecule has 0 bridgehead atoms. The molecule has 0 aromatic carbocycles. The molecule has 3 aromatic rings. The minimum Gasteiger partial charge on any atom is -0.454 e. The average molecular weight is 438 g/mol. The molecule has 2 aliphatic rings. The Balaban J connectivity index is 1.19. The molecule has 1 saturated carbocycles. The Hall–Kier alpha value is -3.43. The first kappa shape index (κ1) is 20.5. The molecular weight excluding hydrogens is 410 g/mol. The summed E-state index contributed by atoms with van der Waals surface area (Å²) < 4.78 is 9.42. The van der Waals surface area contributed by atoms with Crippen molar-refractivity contribution < 1.29 is 14.0 Å². The quantitative estimate of drug-likeness (QED) is 0.578. The van der Waals surface area contributed by atoms with Crippen molar-refractivity contribution in [2.24, 2.45) is 0 Å². The number of aromatic nitrogens is 5. The van der Waals surface area contributed by atoms with E-state index in [-0.39, 0.29) is 23.9 Å². The van der Waals surface area contributed by atoms with Gasteiger partial charge in [0.1, 0.15) is 5.76 Å². The van der Waals surface area contributed by atoms with Crippen LogP contribution in [0.25, 0.3) is 0 Å². The topological polar surface area (TPSA) is 111 Å². The van der Waals surface area contributed by atoms with Gasteiger partial charge in [-0.2, -0.15) is 0 Å². The van der Waals surface area contributed by atoms with Crippen molar-refractivity contribution in [1.82, 2.24) is 34.8 Å². The molecule has 1 N–H and O–H groups in total. The van der Waals surface area contributed by atoms with Gasteiger partial charge in [0.15, 0.2) is 11.5 Å². The van der Waals surface area contributed by atoms with Crippen LogP contribution in [0.1, 0.15) is 65.3 Å². The minimum absolute atomic E-state index is 0.0744. The number of nitrogens with one attached hydrogen (secondary N) is 1. The largest absolute Gasteiger partial charge is 0.454 e. The van der Waals surface area contributed by atoms with Crippen LogP contribution in [-0.4, -0.2) is 59.9 Å². The lowest BCUT2D eigenvalue weighted by molar-refractivity contribution is 0.0559. The fourth-order valence-corrected chi connectivity index (χ4v) is 4.13. The van der Waals surface area contributed by atoms with Gasteiger partial charge in [0, 0.05) is 37.6 Å². The third kappa shape index (κ3) is 4.74. The second-order valence-electron chi connectivity index (χ2n) is 8.55. The summed E-state index contributed by atoms with van der Waals surface area (Å²) in [6.07, 6.45) is 12.8. The number of furan rings is 1. The highest BCUT2D eigenvalue weighted by molar-refractivity contribution is 5.92. The van der Waals surface area contributed by atoms with Crippen molar-refractivity contribution >= 4 is 11.8 Å². The van der Waals surface area contributed by atoms with Crippen LogP contribution in [0, 0.1) is 0 Å². The van der Waals surface area contributed by atoms with E-state index in [2.05, 4.69) is 20.6 Å². The Labute approximate surface area is 185 Å². The van der Waals surface area contributed by atoms with Gasteiger partial charge in [-0.25, -0.2) is 4.98 Å². The summed E-state index contributed by atoms with van der Waals surface area (Å²) in [4.78, 5) is 31.2. The molecule has 5 rings (SSSR count). The fourth-order valence-electron chi connectivity index (χ4n) is 4.13. The monoisotopic (exact) mass is 437 g/mol. The lowest BCUT2D eigenvalue weighted by atomic mass is 9.99.